The highest BCUT2D eigenvalue weighted by Gasteiger charge is 2.62. The highest BCUT2D eigenvalue weighted by Crippen LogP contribution is 2.68. The third-order valence-electron chi connectivity index (χ3n) is 15.8. The van der Waals surface area contributed by atoms with Crippen LogP contribution in [0, 0.1) is 23.7 Å². The van der Waals surface area contributed by atoms with Crippen LogP contribution in [-0.4, -0.2) is 13.0 Å². The molecule has 4 bridgehead atoms. The van der Waals surface area contributed by atoms with Gasteiger partial charge in [-0.2, -0.15) is 0 Å². The molecule has 7 aromatic carbocycles. The lowest BCUT2D eigenvalue weighted by Crippen LogP contribution is -2.57. The van der Waals surface area contributed by atoms with Gasteiger partial charge in [-0.1, -0.05) is 105 Å². The van der Waals surface area contributed by atoms with Gasteiger partial charge in [0.1, 0.15) is 0 Å². The lowest BCUT2D eigenvalue weighted by Gasteiger charge is -2.63. The number of nitrogens with zero attached hydrogens (tertiary/aromatic N) is 2. The van der Waals surface area contributed by atoms with E-state index in [4.69, 9.17) is 0 Å². The number of aromatic nitrogens is 1. The van der Waals surface area contributed by atoms with Crippen LogP contribution in [0.1, 0.15) is 68.2 Å². The molecule has 294 valence electrons. The van der Waals surface area contributed by atoms with Crippen LogP contribution in [0.2, 0.25) is 0 Å². The summed E-state index contributed by atoms with van der Waals surface area (Å²) < 4.78 is 32.5. The van der Waals surface area contributed by atoms with Gasteiger partial charge in [-0.15, -0.1) is 0 Å². The molecule has 1 aromatic heterocycles. The molecule has 14 rings (SSSR count). The van der Waals surface area contributed by atoms with Crippen molar-refractivity contribution in [1.29, 1.82) is 0 Å². The molecule has 5 heteroatoms. The summed E-state index contributed by atoms with van der Waals surface area (Å²) >= 11 is 0. The third kappa shape index (κ3) is 4.49. The summed E-state index contributed by atoms with van der Waals surface area (Å²) in [6.45, 7) is 4.64. The lowest BCUT2D eigenvalue weighted by molar-refractivity contribution is -0.0446. The van der Waals surface area contributed by atoms with Gasteiger partial charge in [-0.05, 0) is 156 Å². The van der Waals surface area contributed by atoms with Gasteiger partial charge >= 0.3 is 0 Å². The first-order valence-electron chi connectivity index (χ1n) is 21.8. The van der Waals surface area contributed by atoms with E-state index in [9.17, 15) is 0 Å². The topological polar surface area (TPSA) is 42.3 Å². The predicted octanol–water partition coefficient (Wildman–Crippen LogP) is 13.4. The van der Waals surface area contributed by atoms with E-state index < -0.39 is 9.84 Å². The quantitative estimate of drug-likeness (QED) is 0.178. The van der Waals surface area contributed by atoms with Crippen molar-refractivity contribution < 1.29 is 8.42 Å². The molecule has 0 radical (unpaired) electrons. The third-order valence-corrected chi connectivity index (χ3v) is 17.6. The maximum atomic E-state index is 15.1. The summed E-state index contributed by atoms with van der Waals surface area (Å²) in [6, 6.07) is 56.2. The zero-order valence-corrected chi connectivity index (χ0v) is 34.8. The first kappa shape index (κ1) is 34.9. The molecule has 0 amide bonds. The normalized spacial score (nSPS) is 24.6. The number of fused-ring (bicyclic) bond motifs is 8. The van der Waals surface area contributed by atoms with Crippen LogP contribution in [0.5, 0.6) is 0 Å². The Morgan fingerprint density at radius 1 is 0.500 bits per heavy atom. The summed E-state index contributed by atoms with van der Waals surface area (Å²) in [5.41, 5.74) is 13.0. The van der Waals surface area contributed by atoms with Crippen LogP contribution in [-0.2, 0) is 20.7 Å². The molecule has 4 saturated carbocycles. The second-order valence-electron chi connectivity index (χ2n) is 19.0. The van der Waals surface area contributed by atoms with Crippen molar-refractivity contribution in [2.75, 3.05) is 4.90 Å². The van der Waals surface area contributed by atoms with Crippen LogP contribution >= 0.6 is 0 Å². The standard InChI is InChI=1S/C55H46N2O2S/c1-54(2)46-14-6-3-11-42(46)43-25-23-40(32-49(43)54)56(38-19-21-39(22-20-38)57-50-16-8-4-12-44(50)45-13-5-9-17-51(45)57)41-24-26-48-53(33-41)60(58,59)52-18-10-7-15-47(52)55(48)36-28-34-27-35(30-36)31-37(55)29-34/h3-26,32-37H,27-31H2,1-2H3. The van der Waals surface area contributed by atoms with E-state index in [-0.39, 0.29) is 10.8 Å². The van der Waals surface area contributed by atoms with Gasteiger partial charge in [0.25, 0.3) is 0 Å². The summed E-state index contributed by atoms with van der Waals surface area (Å²) in [4.78, 5) is 3.29. The van der Waals surface area contributed by atoms with E-state index in [2.05, 4.69) is 163 Å². The number of hydrogen-bond acceptors (Lipinski definition) is 3. The van der Waals surface area contributed by atoms with E-state index in [0.717, 1.165) is 45.7 Å². The average molecular weight is 799 g/mol. The molecule has 6 aliphatic rings. The molecule has 60 heavy (non-hydrogen) atoms. The minimum Gasteiger partial charge on any atom is -0.310 e. The average Bonchev–Trinajstić information content (AvgIpc) is 3.72. The van der Waals surface area contributed by atoms with Crippen molar-refractivity contribution in [1.82, 2.24) is 4.57 Å². The van der Waals surface area contributed by atoms with Crippen LogP contribution < -0.4 is 4.90 Å². The molecule has 0 saturated heterocycles. The zero-order valence-electron chi connectivity index (χ0n) is 34.0. The minimum atomic E-state index is -3.80. The van der Waals surface area contributed by atoms with Crippen LogP contribution in [0.15, 0.2) is 168 Å². The SMILES string of the molecule is CC1(C)c2ccccc2-c2ccc(N(c3ccc(-n4c5ccccc5c5ccccc54)cc3)c3ccc4c(c3)S(=O)(=O)c3ccccc3C43C4CC5CC(C4)CC3C5)cc21. The van der Waals surface area contributed by atoms with E-state index in [0.29, 0.717) is 21.6 Å². The Labute approximate surface area is 352 Å². The van der Waals surface area contributed by atoms with Crippen molar-refractivity contribution in [2.24, 2.45) is 23.7 Å². The fourth-order valence-corrected chi connectivity index (χ4v) is 15.4. The molecule has 0 N–H and O–H groups in total. The van der Waals surface area contributed by atoms with Gasteiger partial charge < -0.3 is 9.47 Å². The Hall–Kier alpha value is -5.91. The molecule has 4 nitrogen and oxygen atoms in total. The molecular weight excluding hydrogens is 753 g/mol. The first-order chi connectivity index (χ1) is 29.2. The molecule has 1 spiro atoms. The fourth-order valence-electron chi connectivity index (χ4n) is 13.6. The zero-order chi connectivity index (χ0) is 40.1. The van der Waals surface area contributed by atoms with Crippen molar-refractivity contribution in [3.8, 4) is 16.8 Å². The number of hydrogen-bond donors (Lipinski definition) is 0. The van der Waals surface area contributed by atoms with Crippen LogP contribution in [0.25, 0.3) is 38.6 Å². The Morgan fingerprint density at radius 3 is 1.73 bits per heavy atom. The number of rotatable bonds is 4. The van der Waals surface area contributed by atoms with E-state index >= 15 is 8.42 Å². The number of benzene rings is 7. The maximum Gasteiger partial charge on any atom is 0.207 e. The van der Waals surface area contributed by atoms with Gasteiger partial charge in [-0.25, -0.2) is 8.42 Å². The molecule has 8 aromatic rings. The molecule has 1 aliphatic heterocycles. The van der Waals surface area contributed by atoms with Crippen LogP contribution in [0.3, 0.4) is 0 Å². The van der Waals surface area contributed by atoms with Gasteiger partial charge in [0.15, 0.2) is 0 Å². The lowest BCUT2D eigenvalue weighted by atomic mass is 9.42. The Balaban J connectivity index is 1.01. The van der Waals surface area contributed by atoms with Crippen molar-refractivity contribution in [2.45, 2.75) is 66.6 Å². The van der Waals surface area contributed by atoms with Crippen molar-refractivity contribution in [3.05, 3.63) is 180 Å². The molecular formula is C55H46N2O2S. The summed E-state index contributed by atoms with van der Waals surface area (Å²) in [5, 5.41) is 2.46. The second-order valence-corrected chi connectivity index (χ2v) is 20.9. The fraction of sp³-hybridized carbons (Fsp3) is 0.236. The summed E-state index contributed by atoms with van der Waals surface area (Å²) in [7, 11) is -3.80. The molecule has 4 fully saturated rings. The van der Waals surface area contributed by atoms with Gasteiger partial charge in [0.2, 0.25) is 9.84 Å². The second kappa shape index (κ2) is 12.1. The summed E-state index contributed by atoms with van der Waals surface area (Å²) in [6.07, 6.45) is 6.13. The van der Waals surface area contributed by atoms with Gasteiger partial charge in [0.05, 0.1) is 20.8 Å². The van der Waals surface area contributed by atoms with Crippen molar-refractivity contribution >= 4 is 48.7 Å². The Kier molecular flexibility index (Phi) is 7.04. The Morgan fingerprint density at radius 2 is 1.03 bits per heavy atom. The van der Waals surface area contributed by atoms with Crippen molar-refractivity contribution in [3.63, 3.8) is 0 Å². The smallest absolute Gasteiger partial charge is 0.207 e. The molecule has 5 aliphatic carbocycles. The van der Waals surface area contributed by atoms with Crippen LogP contribution in [0.4, 0.5) is 17.1 Å². The minimum absolute atomic E-state index is 0.192. The number of para-hydroxylation sites is 2. The highest BCUT2D eigenvalue weighted by atomic mass is 32.2. The highest BCUT2D eigenvalue weighted by molar-refractivity contribution is 7.91. The van der Waals surface area contributed by atoms with E-state index in [1.54, 1.807) is 0 Å². The van der Waals surface area contributed by atoms with E-state index in [1.807, 2.05) is 18.2 Å². The molecule has 0 unspecified atom stereocenters. The largest absolute Gasteiger partial charge is 0.310 e. The maximum absolute atomic E-state index is 15.1. The number of sulfone groups is 1. The monoisotopic (exact) mass is 798 g/mol. The predicted molar refractivity (Wildman–Crippen MR) is 243 cm³/mol. The van der Waals surface area contributed by atoms with Gasteiger partial charge in [-0.3, -0.25) is 0 Å². The number of anilines is 3. The van der Waals surface area contributed by atoms with E-state index in [1.165, 1.54) is 76.2 Å². The van der Waals surface area contributed by atoms with Gasteiger partial charge in [0, 0.05) is 44.4 Å². The first-order valence-corrected chi connectivity index (χ1v) is 23.3. The Bertz CT molecular complexity index is 3150. The summed E-state index contributed by atoms with van der Waals surface area (Å²) in [5.74, 6) is 2.45. The molecule has 2 heterocycles. The molecule has 0 atom stereocenters.